The summed E-state index contributed by atoms with van der Waals surface area (Å²) < 4.78 is 40.3. The minimum atomic E-state index is -1.45. The monoisotopic (exact) mass is 1600 g/mol. The van der Waals surface area contributed by atoms with Gasteiger partial charge in [-0.25, -0.2) is 29.0 Å². The standard InChI is InChI=1S/C13H15NO5.C11H8N2O4.C11H11NO5.C11H15NO3.C9H7NO5.C7H5NO3.C3H6O2.CH3F.2CH4O.CH3.Pd/c1-3-18-12(13(15)19-4-2)9-10-5-7-11(8-6-10)14(16)17;1-7-12-10(11(14)17-7)6-8-2-4-9(5-3-8)13(15)16;1-2-17-10(11(13)14)7-8-3-5-9(6-4-8)12(15)16;1-2-15-10(11(13)14)7-8-3-5-9(12)6-4-8;11-8(9(12)13)5-6-1-3-7(4-2-6)10(14)15;9-5-6-1-3-7(4-2-6)8(10)11;1-2-3(4)5;3*1-2;;/h5-9H,3-4H2,1-2H3;2-6H,1H3;3-7H,2H2,1H3,(H,13,14);3-6,10H,2,7,12H2,1H3,(H,13,14);1-5,11H,(H,12,13);1-5H;2H2,1H3,(H,4,5);1H3;2*2H,1H3;1H3;/q;;;;;;;;;;-1;/b12-9-;10-6-;10-7-;;8-5-;;;;;;;/i;;;;;;;1D;;;;. The third-order valence-corrected chi connectivity index (χ3v) is 11.4. The Hall–Kier alpha value is -12.9. The summed E-state index contributed by atoms with van der Waals surface area (Å²) in [5.74, 6) is -6.01. The molecule has 584 valence electrons. The molecule has 9 N–H and O–H groups in total. The first-order valence-electron chi connectivity index (χ1n) is 30.5. The fourth-order valence-electron chi connectivity index (χ4n) is 6.76. The van der Waals surface area contributed by atoms with E-state index in [1.165, 1.54) is 127 Å². The zero-order valence-electron chi connectivity index (χ0n) is 59.8. The van der Waals surface area contributed by atoms with Crippen LogP contribution in [-0.2, 0) is 79.3 Å². The Labute approximate surface area is 626 Å². The Bertz CT molecular complexity index is 3940. The topological polar surface area (TPSA) is 561 Å². The predicted octanol–water partition coefficient (Wildman–Crippen LogP) is 11.5. The molecule has 36 nitrogen and oxygen atoms in total. The average Bonchev–Trinajstić information content (AvgIpc) is 1.64. The van der Waals surface area contributed by atoms with Gasteiger partial charge >= 0.3 is 35.8 Å². The third kappa shape index (κ3) is 45.0. The zero-order chi connectivity index (χ0) is 81.4. The van der Waals surface area contributed by atoms with Crippen molar-refractivity contribution in [2.24, 2.45) is 4.99 Å². The molecule has 107 heavy (non-hydrogen) atoms. The van der Waals surface area contributed by atoms with E-state index < -0.39 is 79.4 Å². The molecule has 38 heteroatoms. The first-order valence-corrected chi connectivity index (χ1v) is 29.8. The number of carboxylic acids is 4. The summed E-state index contributed by atoms with van der Waals surface area (Å²) in [6, 6.07) is 34.8. The van der Waals surface area contributed by atoms with Gasteiger partial charge in [0.2, 0.25) is 17.3 Å². The number of alkyl halides is 1. The number of anilines is 1. The van der Waals surface area contributed by atoms with E-state index in [4.69, 9.17) is 66.5 Å². The number of ether oxygens (including phenoxy) is 5. The van der Waals surface area contributed by atoms with E-state index in [-0.39, 0.29) is 93.1 Å². The van der Waals surface area contributed by atoms with Crippen molar-refractivity contribution in [1.82, 2.24) is 0 Å². The maximum atomic E-state index is 11.6. The van der Waals surface area contributed by atoms with Crippen molar-refractivity contribution in [3.05, 3.63) is 260 Å². The SMILES string of the molecule is CC1=N/C(=C\c2ccc([N+](=O)[O-])cc2)C(=O)O1.CCC(=O)O.CCO/C(=C\c1ccc([N+](=O)[O-])cc1)C(=O)O.CCOC(=O)/C(=C/c1ccc([N+](=O)[O-])cc1)OCC.CCOC(Cc1ccc(N)cc1)C(=O)O.CO.CO.O=C(O)/C(O)=C/c1ccc([N+](=O)[O-])cc1.O=Cc1ccc([N+](=O)[O-])cc1.[2H]CF.[CH3-].[Pd]. The van der Waals surface area contributed by atoms with Gasteiger partial charge in [0.15, 0.2) is 17.7 Å². The van der Waals surface area contributed by atoms with Gasteiger partial charge in [-0.2, -0.15) is 0 Å². The zero-order valence-corrected chi connectivity index (χ0v) is 60.4. The van der Waals surface area contributed by atoms with Gasteiger partial charge in [0.1, 0.15) is 6.29 Å². The second-order valence-electron chi connectivity index (χ2n) is 18.6. The van der Waals surface area contributed by atoms with E-state index in [9.17, 15) is 88.5 Å². The average molecular weight is 1600 g/mol. The van der Waals surface area contributed by atoms with Crippen molar-refractivity contribution in [3.8, 4) is 0 Å². The molecular weight excluding hydrogens is 1520 g/mol. The van der Waals surface area contributed by atoms with Crippen LogP contribution < -0.4 is 5.73 Å². The third-order valence-electron chi connectivity index (χ3n) is 11.4. The van der Waals surface area contributed by atoms with Crippen LogP contribution in [0.3, 0.4) is 0 Å². The van der Waals surface area contributed by atoms with Crippen LogP contribution in [0.1, 0.15) is 87.5 Å². The van der Waals surface area contributed by atoms with Crippen LogP contribution >= 0.6 is 0 Å². The Morgan fingerprint density at radius 1 is 0.542 bits per heavy atom. The summed E-state index contributed by atoms with van der Waals surface area (Å²) in [7, 11) is 1.00. The van der Waals surface area contributed by atoms with Gasteiger partial charge in [0, 0.05) is 133 Å². The Balaban J connectivity index is -0.000000381. The molecule has 6 aromatic carbocycles. The van der Waals surface area contributed by atoms with Crippen molar-refractivity contribution in [3.63, 3.8) is 0 Å². The molecule has 1 heterocycles. The number of carbonyl (C=O) groups is 7. The van der Waals surface area contributed by atoms with Gasteiger partial charge in [-0.05, 0) is 153 Å². The van der Waals surface area contributed by atoms with Crippen LogP contribution in [-0.4, -0.2) is 162 Å². The van der Waals surface area contributed by atoms with Crippen LogP contribution in [0.2, 0.25) is 0 Å². The number of nitro benzene ring substituents is 5. The van der Waals surface area contributed by atoms with Crippen molar-refractivity contribution in [1.29, 1.82) is 0 Å². The number of aliphatic imine (C=N–C) groups is 1. The van der Waals surface area contributed by atoms with Crippen LogP contribution in [0.25, 0.3) is 24.3 Å². The molecule has 0 bridgehead atoms. The normalized spacial score (nSPS) is 11.2. The molecule has 0 amide bonds. The molecule has 1 aliphatic rings. The summed E-state index contributed by atoms with van der Waals surface area (Å²) in [5, 5.41) is 108. The molecule has 0 saturated carbocycles. The van der Waals surface area contributed by atoms with Crippen molar-refractivity contribution in [2.75, 3.05) is 53.5 Å². The van der Waals surface area contributed by atoms with Gasteiger partial charge in [-0.1, -0.05) is 19.1 Å². The van der Waals surface area contributed by atoms with Gasteiger partial charge in [0.05, 0.1) is 53.0 Å². The summed E-state index contributed by atoms with van der Waals surface area (Å²) >= 11 is 0. The fourth-order valence-corrected chi connectivity index (χ4v) is 6.76. The minimum Gasteiger partial charge on any atom is -0.502 e. The number of nitrogen functional groups attached to an aromatic ring is 1. The number of aliphatic hydroxyl groups is 3. The van der Waals surface area contributed by atoms with E-state index in [2.05, 4.69) is 4.99 Å². The quantitative estimate of drug-likeness (QED) is 0.00321. The predicted molar refractivity (Wildman–Crippen MR) is 385 cm³/mol. The number of cyclic esters (lactones) is 1. The number of nitrogens with zero attached hydrogens (tertiary/aromatic N) is 6. The number of rotatable bonds is 24. The van der Waals surface area contributed by atoms with Gasteiger partial charge < -0.3 is 72.6 Å². The smallest absolute Gasteiger partial charge is 0.373 e. The number of hydrogen-bond donors (Lipinski definition) is 8. The molecule has 0 spiro atoms. The number of esters is 2. The van der Waals surface area contributed by atoms with Crippen molar-refractivity contribution in [2.45, 2.75) is 60.5 Å². The number of nitro groups is 5. The minimum absolute atomic E-state index is 0. The number of hydrogen-bond acceptors (Lipinski definition) is 27. The van der Waals surface area contributed by atoms with Gasteiger partial charge in [-0.15, -0.1) is 0 Å². The molecule has 1 aliphatic heterocycles. The molecule has 0 radical (unpaired) electrons. The number of carboxylic acid groups (broad SMARTS) is 4. The molecule has 1 atom stereocenters. The van der Waals surface area contributed by atoms with Crippen molar-refractivity contribution < 1.29 is 144 Å². The van der Waals surface area contributed by atoms with Crippen LogP contribution in [0.5, 0.6) is 0 Å². The number of carbonyl (C=O) groups excluding carboxylic acids is 3. The molecule has 6 aromatic rings. The number of non-ortho nitro benzene ring substituents is 5. The molecule has 0 aliphatic carbocycles. The molecule has 0 aromatic heterocycles. The molecule has 1 unspecified atom stereocenters. The second-order valence-corrected chi connectivity index (χ2v) is 18.6. The molecule has 7 rings (SSSR count). The Morgan fingerprint density at radius 3 is 1.15 bits per heavy atom. The maximum absolute atomic E-state index is 11.6. The largest absolute Gasteiger partial charge is 0.502 e. The van der Waals surface area contributed by atoms with E-state index in [1.807, 2.05) is 12.1 Å². The summed E-state index contributed by atoms with van der Waals surface area (Å²) in [4.78, 5) is 127. The second kappa shape index (κ2) is 59.6. The summed E-state index contributed by atoms with van der Waals surface area (Å²) in [6.45, 7) is 11.3. The van der Waals surface area contributed by atoms with Crippen LogP contribution in [0.15, 0.2) is 174 Å². The van der Waals surface area contributed by atoms with Crippen LogP contribution in [0, 0.1) is 58.0 Å². The molecule has 0 fully saturated rings. The fraction of sp³-hybridized carbons (Fsp3) is 0.232. The first kappa shape index (κ1) is 100. The van der Waals surface area contributed by atoms with Crippen molar-refractivity contribution >= 4 is 106 Å². The maximum Gasteiger partial charge on any atom is 0.373 e. The molecular formula is C69H81FN7O29Pd-. The number of aliphatic hydroxyl groups excluding tert-OH is 3. The first-order chi connectivity index (χ1) is 50.2. The van der Waals surface area contributed by atoms with E-state index in [1.54, 1.807) is 65.8 Å². The number of aliphatic carboxylic acids is 4. The summed E-state index contributed by atoms with van der Waals surface area (Å²) in [5.41, 5.74) is 9.77. The van der Waals surface area contributed by atoms with Gasteiger partial charge in [-0.3, -0.25) is 64.6 Å². The Morgan fingerprint density at radius 2 is 0.869 bits per heavy atom. The number of benzene rings is 6. The van der Waals surface area contributed by atoms with Crippen LogP contribution in [0.4, 0.5) is 38.5 Å². The van der Waals surface area contributed by atoms with Gasteiger partial charge in [0.25, 0.3) is 28.4 Å². The number of aldehydes is 1. The number of halogens is 1. The number of nitrogens with two attached hydrogens (primary N) is 1. The van der Waals surface area contributed by atoms with E-state index >= 15 is 0 Å². The Kier molecular flexibility index (Phi) is 56.0. The molecule has 0 saturated heterocycles. The van der Waals surface area contributed by atoms with E-state index in [0.29, 0.717) is 65.3 Å². The summed E-state index contributed by atoms with van der Waals surface area (Å²) in [6.07, 6.45) is 5.78. The van der Waals surface area contributed by atoms with E-state index in [0.717, 1.165) is 25.9 Å².